The van der Waals surface area contributed by atoms with Crippen LogP contribution in [-0.4, -0.2) is 35.4 Å². The highest BCUT2D eigenvalue weighted by molar-refractivity contribution is 5.90. The molecule has 13 heavy (non-hydrogen) atoms. The number of nitrogens with zero attached hydrogens (tertiary/aromatic N) is 3. The molecule has 3 heteroatoms. The maximum atomic E-state index is 4.54. The molecule has 1 atom stereocenters. The highest BCUT2D eigenvalue weighted by Crippen LogP contribution is 2.11. The molecule has 0 bridgehead atoms. The fourth-order valence-corrected chi connectivity index (χ4v) is 1.74. The van der Waals surface area contributed by atoms with Crippen molar-refractivity contribution in [2.24, 2.45) is 11.0 Å². The number of aromatic nitrogens is 1. The number of likely N-dealkylation sites (tertiary alicyclic amines) is 1. The number of hydrogen-bond donors (Lipinski definition) is 0. The molecule has 0 N–H and O–H groups in total. The monoisotopic (exact) mass is 177 g/mol. The van der Waals surface area contributed by atoms with Gasteiger partial charge in [-0.3, -0.25) is 0 Å². The van der Waals surface area contributed by atoms with Crippen LogP contribution in [0.1, 0.15) is 6.92 Å². The van der Waals surface area contributed by atoms with E-state index in [0.29, 0.717) is 5.92 Å². The van der Waals surface area contributed by atoms with Crippen LogP contribution in [0.5, 0.6) is 0 Å². The number of rotatable bonds is 1. The van der Waals surface area contributed by atoms with Crippen LogP contribution in [0, 0.1) is 5.92 Å². The first-order chi connectivity index (χ1) is 6.25. The molecule has 0 aromatic carbocycles. The summed E-state index contributed by atoms with van der Waals surface area (Å²) < 4.78 is 1.88. The Kier molecular flexibility index (Phi) is 2.19. The highest BCUT2D eigenvalue weighted by atomic mass is 15.3. The summed E-state index contributed by atoms with van der Waals surface area (Å²) in [6, 6.07) is 3.99. The Morgan fingerprint density at radius 2 is 2.08 bits per heavy atom. The Labute approximate surface area is 78.7 Å². The predicted molar refractivity (Wildman–Crippen MR) is 53.9 cm³/mol. The molecule has 1 unspecified atom stereocenters. The van der Waals surface area contributed by atoms with E-state index < -0.39 is 0 Å². The smallest absolute Gasteiger partial charge is 0.0569 e. The van der Waals surface area contributed by atoms with E-state index in [1.165, 1.54) is 5.71 Å². The molecule has 70 valence electrons. The zero-order valence-electron chi connectivity index (χ0n) is 8.14. The quantitative estimate of drug-likeness (QED) is 0.632. The van der Waals surface area contributed by atoms with Gasteiger partial charge in [-0.15, -0.1) is 0 Å². The molecular formula is C10H15N3. The van der Waals surface area contributed by atoms with Crippen molar-refractivity contribution in [1.29, 1.82) is 0 Å². The van der Waals surface area contributed by atoms with Crippen LogP contribution in [0.3, 0.4) is 0 Å². The largest absolute Gasteiger partial charge is 0.300 e. The Balaban J connectivity index is 2.17. The highest BCUT2D eigenvalue weighted by Gasteiger charge is 2.22. The van der Waals surface area contributed by atoms with Gasteiger partial charge in [-0.1, -0.05) is 6.92 Å². The second kappa shape index (κ2) is 3.34. The zero-order chi connectivity index (χ0) is 9.26. The molecule has 3 nitrogen and oxygen atoms in total. The van der Waals surface area contributed by atoms with Crippen molar-refractivity contribution in [3.63, 3.8) is 0 Å². The fraction of sp³-hybridized carbons (Fsp3) is 0.500. The summed E-state index contributed by atoms with van der Waals surface area (Å²) in [4.78, 5) is 2.30. The lowest BCUT2D eigenvalue weighted by Gasteiger charge is -2.02. The van der Waals surface area contributed by atoms with Crippen molar-refractivity contribution in [3.05, 3.63) is 24.5 Å². The Hall–Kier alpha value is -1.09. The van der Waals surface area contributed by atoms with Crippen molar-refractivity contribution in [1.82, 2.24) is 9.58 Å². The summed E-state index contributed by atoms with van der Waals surface area (Å²) in [5.74, 6) is 0.590. The van der Waals surface area contributed by atoms with Crippen LogP contribution in [0.2, 0.25) is 0 Å². The summed E-state index contributed by atoms with van der Waals surface area (Å²) in [6.45, 7) is 4.35. The third kappa shape index (κ3) is 1.80. The summed E-state index contributed by atoms with van der Waals surface area (Å²) in [7, 11) is 2.13. The third-order valence-corrected chi connectivity index (χ3v) is 2.42. The molecule has 0 spiro atoms. The molecule has 1 aliphatic heterocycles. The molecule has 1 aliphatic rings. The van der Waals surface area contributed by atoms with E-state index in [1.807, 2.05) is 29.2 Å². The van der Waals surface area contributed by atoms with E-state index in [-0.39, 0.29) is 0 Å². The minimum atomic E-state index is 0.590. The van der Waals surface area contributed by atoms with Crippen LogP contribution in [0.15, 0.2) is 29.6 Å². The second-order valence-electron chi connectivity index (χ2n) is 3.75. The molecule has 1 fully saturated rings. The van der Waals surface area contributed by atoms with Gasteiger partial charge < -0.3 is 4.90 Å². The summed E-state index contributed by atoms with van der Waals surface area (Å²) in [6.07, 6.45) is 3.94. The Morgan fingerprint density at radius 1 is 1.38 bits per heavy atom. The summed E-state index contributed by atoms with van der Waals surface area (Å²) in [5, 5.41) is 4.54. The molecule has 0 saturated carbocycles. The predicted octanol–water partition coefficient (Wildman–Crippen LogP) is 1.27. The lowest BCUT2D eigenvalue weighted by atomic mass is 10.1. The van der Waals surface area contributed by atoms with E-state index in [9.17, 15) is 0 Å². The molecule has 1 aromatic rings. The molecule has 0 aliphatic carbocycles. The van der Waals surface area contributed by atoms with Crippen LogP contribution >= 0.6 is 0 Å². The average molecular weight is 177 g/mol. The van der Waals surface area contributed by atoms with Crippen molar-refractivity contribution >= 4 is 5.71 Å². The first-order valence-electron chi connectivity index (χ1n) is 4.65. The average Bonchev–Trinajstić information content (AvgIpc) is 2.63. The fourth-order valence-electron chi connectivity index (χ4n) is 1.74. The van der Waals surface area contributed by atoms with E-state index in [0.717, 1.165) is 13.1 Å². The second-order valence-corrected chi connectivity index (χ2v) is 3.75. The van der Waals surface area contributed by atoms with Gasteiger partial charge in [0.05, 0.1) is 5.71 Å². The normalized spacial score (nSPS) is 27.2. The van der Waals surface area contributed by atoms with Crippen molar-refractivity contribution in [2.75, 3.05) is 20.1 Å². The topological polar surface area (TPSA) is 20.5 Å². The Bertz CT molecular complexity index is 300. The minimum Gasteiger partial charge on any atom is -0.300 e. The molecule has 0 radical (unpaired) electrons. The Morgan fingerprint density at radius 3 is 2.62 bits per heavy atom. The molecule has 1 aromatic heterocycles. The SMILES string of the molecule is CC1CN(C)C/C1=N\n1cccc1. The van der Waals surface area contributed by atoms with Crippen molar-refractivity contribution < 1.29 is 0 Å². The molecule has 2 heterocycles. The zero-order valence-corrected chi connectivity index (χ0v) is 8.14. The van der Waals surface area contributed by atoms with Gasteiger partial charge in [-0.05, 0) is 19.2 Å². The van der Waals surface area contributed by atoms with Gasteiger partial charge >= 0.3 is 0 Å². The van der Waals surface area contributed by atoms with E-state index >= 15 is 0 Å². The molecule has 2 rings (SSSR count). The third-order valence-electron chi connectivity index (χ3n) is 2.42. The van der Waals surface area contributed by atoms with Gasteiger partial charge in [0, 0.05) is 31.4 Å². The lowest BCUT2D eigenvalue weighted by Crippen LogP contribution is -2.14. The van der Waals surface area contributed by atoms with Gasteiger partial charge in [0.25, 0.3) is 0 Å². The first kappa shape index (κ1) is 8.51. The van der Waals surface area contributed by atoms with Gasteiger partial charge in [0.1, 0.15) is 0 Å². The summed E-state index contributed by atoms with van der Waals surface area (Å²) in [5.41, 5.74) is 1.28. The number of hydrogen-bond acceptors (Lipinski definition) is 2. The van der Waals surface area contributed by atoms with Crippen LogP contribution in [-0.2, 0) is 0 Å². The van der Waals surface area contributed by atoms with Gasteiger partial charge in [-0.25, -0.2) is 4.68 Å². The molecule has 0 amide bonds. The summed E-state index contributed by atoms with van der Waals surface area (Å²) >= 11 is 0. The molecule has 1 saturated heterocycles. The van der Waals surface area contributed by atoms with Crippen molar-refractivity contribution in [3.8, 4) is 0 Å². The minimum absolute atomic E-state index is 0.590. The van der Waals surface area contributed by atoms with Gasteiger partial charge in [0.15, 0.2) is 0 Å². The van der Waals surface area contributed by atoms with E-state index in [1.54, 1.807) is 0 Å². The standard InChI is InChI=1S/C10H15N3/c1-9-7-12(2)8-10(9)11-13-5-3-4-6-13/h3-6,9H,7-8H2,1-2H3/b11-10+. The van der Waals surface area contributed by atoms with Crippen molar-refractivity contribution in [2.45, 2.75) is 6.92 Å². The first-order valence-corrected chi connectivity index (χ1v) is 4.65. The maximum Gasteiger partial charge on any atom is 0.0569 e. The van der Waals surface area contributed by atoms with Crippen LogP contribution in [0.25, 0.3) is 0 Å². The lowest BCUT2D eigenvalue weighted by molar-refractivity contribution is 0.403. The maximum absolute atomic E-state index is 4.54. The van der Waals surface area contributed by atoms with Gasteiger partial charge in [0.2, 0.25) is 0 Å². The van der Waals surface area contributed by atoms with E-state index in [2.05, 4.69) is 24.0 Å². The van der Waals surface area contributed by atoms with Gasteiger partial charge in [-0.2, -0.15) is 5.10 Å². The van der Waals surface area contributed by atoms with E-state index in [4.69, 9.17) is 0 Å². The van der Waals surface area contributed by atoms with Crippen LogP contribution < -0.4 is 0 Å². The van der Waals surface area contributed by atoms with Crippen LogP contribution in [0.4, 0.5) is 0 Å². The molecular weight excluding hydrogens is 162 g/mol.